The number of hydrogen-bond acceptors (Lipinski definition) is 5. The molecule has 1 saturated heterocycles. The predicted octanol–water partition coefficient (Wildman–Crippen LogP) is 2.92. The Morgan fingerprint density at radius 2 is 2.41 bits per heavy atom. The van der Waals surface area contributed by atoms with Crippen molar-refractivity contribution in [3.05, 3.63) is 22.4 Å². The van der Waals surface area contributed by atoms with Crippen LogP contribution in [0.2, 0.25) is 4.34 Å². The van der Waals surface area contributed by atoms with E-state index in [4.69, 9.17) is 16.1 Å². The molecule has 0 saturated carbocycles. The third-order valence-corrected chi connectivity index (χ3v) is 4.11. The van der Waals surface area contributed by atoms with Crippen molar-refractivity contribution in [3.63, 3.8) is 0 Å². The molecule has 0 amide bonds. The maximum absolute atomic E-state index is 5.89. The van der Waals surface area contributed by atoms with Crippen LogP contribution in [-0.2, 0) is 0 Å². The lowest BCUT2D eigenvalue weighted by Crippen LogP contribution is -2.28. The first-order valence-corrected chi connectivity index (χ1v) is 6.82. The number of nitrogens with zero attached hydrogens (tertiary/aromatic N) is 2. The lowest BCUT2D eigenvalue weighted by molar-refractivity contribution is 0.322. The second kappa shape index (κ2) is 4.76. The molecule has 0 aromatic carbocycles. The standard InChI is InChI=1S/C11H12ClN3OS/c12-9-4-3-8(17-9)10-14-11(16-15-10)7-2-1-5-13-6-7/h3-4,7,13H,1-2,5-6H2. The number of piperidine rings is 1. The molecule has 1 aliphatic rings. The largest absolute Gasteiger partial charge is 0.339 e. The third-order valence-electron chi connectivity index (χ3n) is 2.88. The molecule has 90 valence electrons. The van der Waals surface area contributed by atoms with Crippen LogP contribution in [0.5, 0.6) is 0 Å². The Balaban J connectivity index is 1.82. The van der Waals surface area contributed by atoms with Crippen LogP contribution in [0.1, 0.15) is 24.7 Å². The van der Waals surface area contributed by atoms with E-state index in [1.807, 2.05) is 12.1 Å². The minimum Gasteiger partial charge on any atom is -0.339 e. The van der Waals surface area contributed by atoms with Crippen molar-refractivity contribution in [3.8, 4) is 10.7 Å². The lowest BCUT2D eigenvalue weighted by atomic mass is 10.00. The Labute approximate surface area is 108 Å². The molecule has 0 bridgehead atoms. The monoisotopic (exact) mass is 269 g/mol. The molecule has 1 fully saturated rings. The molecule has 1 N–H and O–H groups in total. The molecule has 1 aliphatic heterocycles. The van der Waals surface area contributed by atoms with Crippen molar-refractivity contribution >= 4 is 22.9 Å². The second-order valence-corrected chi connectivity index (χ2v) is 5.82. The van der Waals surface area contributed by atoms with E-state index < -0.39 is 0 Å². The van der Waals surface area contributed by atoms with Crippen LogP contribution in [0.15, 0.2) is 16.7 Å². The second-order valence-electron chi connectivity index (χ2n) is 4.10. The van der Waals surface area contributed by atoms with Gasteiger partial charge in [-0.15, -0.1) is 11.3 Å². The van der Waals surface area contributed by atoms with E-state index in [9.17, 15) is 0 Å². The van der Waals surface area contributed by atoms with Crippen LogP contribution < -0.4 is 5.32 Å². The van der Waals surface area contributed by atoms with E-state index in [1.165, 1.54) is 11.3 Å². The summed E-state index contributed by atoms with van der Waals surface area (Å²) in [6, 6.07) is 3.76. The summed E-state index contributed by atoms with van der Waals surface area (Å²) in [5, 5.41) is 7.35. The quantitative estimate of drug-likeness (QED) is 0.911. The van der Waals surface area contributed by atoms with Crippen molar-refractivity contribution in [1.82, 2.24) is 15.5 Å². The predicted molar refractivity (Wildman–Crippen MR) is 67.5 cm³/mol. The SMILES string of the molecule is Clc1ccc(-c2noc(C3CCCNC3)n2)s1. The van der Waals surface area contributed by atoms with Gasteiger partial charge in [-0.1, -0.05) is 16.8 Å². The van der Waals surface area contributed by atoms with Crippen LogP contribution in [0, 0.1) is 0 Å². The lowest BCUT2D eigenvalue weighted by Gasteiger charge is -2.18. The molecule has 1 atom stereocenters. The molecule has 17 heavy (non-hydrogen) atoms. The Bertz CT molecular complexity index is 504. The van der Waals surface area contributed by atoms with Crippen LogP contribution in [-0.4, -0.2) is 23.2 Å². The summed E-state index contributed by atoms with van der Waals surface area (Å²) in [5.41, 5.74) is 0. The maximum atomic E-state index is 5.89. The van der Waals surface area contributed by atoms with Crippen LogP contribution >= 0.6 is 22.9 Å². The van der Waals surface area contributed by atoms with Crippen molar-refractivity contribution in [2.24, 2.45) is 0 Å². The van der Waals surface area contributed by atoms with Crippen molar-refractivity contribution in [2.45, 2.75) is 18.8 Å². The molecule has 2 aromatic rings. The summed E-state index contributed by atoms with van der Waals surface area (Å²) < 4.78 is 6.07. The maximum Gasteiger partial charge on any atom is 0.231 e. The van der Waals surface area contributed by atoms with Gasteiger partial charge in [-0.3, -0.25) is 0 Å². The number of rotatable bonds is 2. The van der Waals surface area contributed by atoms with Gasteiger partial charge in [-0.25, -0.2) is 0 Å². The summed E-state index contributed by atoms with van der Waals surface area (Å²) in [6.45, 7) is 2.00. The van der Waals surface area contributed by atoms with Gasteiger partial charge in [0.2, 0.25) is 11.7 Å². The molecule has 3 rings (SSSR count). The van der Waals surface area contributed by atoms with Crippen LogP contribution in [0.25, 0.3) is 10.7 Å². The highest BCUT2D eigenvalue weighted by Crippen LogP contribution is 2.30. The summed E-state index contributed by atoms with van der Waals surface area (Å²) in [7, 11) is 0. The van der Waals surface area contributed by atoms with Gasteiger partial charge in [0.1, 0.15) is 0 Å². The Morgan fingerprint density at radius 1 is 1.47 bits per heavy atom. The number of halogens is 1. The van der Waals surface area contributed by atoms with E-state index >= 15 is 0 Å². The van der Waals surface area contributed by atoms with Gasteiger partial charge in [0, 0.05) is 6.54 Å². The first-order valence-electron chi connectivity index (χ1n) is 5.63. The summed E-state index contributed by atoms with van der Waals surface area (Å²) >= 11 is 7.35. The van der Waals surface area contributed by atoms with Gasteiger partial charge < -0.3 is 9.84 Å². The average molecular weight is 270 g/mol. The minimum absolute atomic E-state index is 0.348. The van der Waals surface area contributed by atoms with E-state index in [0.29, 0.717) is 11.7 Å². The number of thiophene rings is 1. The summed E-state index contributed by atoms with van der Waals surface area (Å²) in [5.74, 6) is 1.72. The van der Waals surface area contributed by atoms with Crippen LogP contribution in [0.3, 0.4) is 0 Å². The highest BCUT2D eigenvalue weighted by Gasteiger charge is 2.22. The first kappa shape index (κ1) is 11.2. The van der Waals surface area contributed by atoms with Gasteiger partial charge in [0.15, 0.2) is 0 Å². The zero-order valence-corrected chi connectivity index (χ0v) is 10.7. The summed E-state index contributed by atoms with van der Waals surface area (Å²) in [6.07, 6.45) is 2.27. The smallest absolute Gasteiger partial charge is 0.231 e. The molecular formula is C11H12ClN3OS. The van der Waals surface area contributed by atoms with Gasteiger partial charge in [-0.05, 0) is 31.5 Å². The number of nitrogens with one attached hydrogen (secondary N) is 1. The highest BCUT2D eigenvalue weighted by molar-refractivity contribution is 7.19. The fourth-order valence-corrected chi connectivity index (χ4v) is 2.97. The topological polar surface area (TPSA) is 51.0 Å². The van der Waals surface area contributed by atoms with Gasteiger partial charge in [0.25, 0.3) is 0 Å². The molecule has 0 radical (unpaired) electrons. The number of hydrogen-bond donors (Lipinski definition) is 1. The fraction of sp³-hybridized carbons (Fsp3) is 0.455. The van der Waals surface area contributed by atoms with E-state index in [1.54, 1.807) is 0 Å². The Kier molecular flexibility index (Phi) is 3.13. The fourth-order valence-electron chi connectivity index (χ4n) is 2.00. The van der Waals surface area contributed by atoms with Gasteiger partial charge in [-0.2, -0.15) is 4.98 Å². The molecule has 3 heterocycles. The van der Waals surface area contributed by atoms with Crippen molar-refractivity contribution in [1.29, 1.82) is 0 Å². The highest BCUT2D eigenvalue weighted by atomic mass is 35.5. The first-order chi connectivity index (χ1) is 8.33. The van der Waals surface area contributed by atoms with Crippen LogP contribution in [0.4, 0.5) is 0 Å². The Hall–Kier alpha value is -0.910. The van der Waals surface area contributed by atoms with E-state index in [0.717, 1.165) is 41.0 Å². The van der Waals surface area contributed by atoms with Gasteiger partial charge >= 0.3 is 0 Å². The molecule has 1 unspecified atom stereocenters. The molecule has 6 heteroatoms. The number of aromatic nitrogens is 2. The van der Waals surface area contributed by atoms with E-state index in [-0.39, 0.29) is 0 Å². The molecule has 4 nitrogen and oxygen atoms in total. The van der Waals surface area contributed by atoms with E-state index in [2.05, 4.69) is 15.5 Å². The molecule has 2 aromatic heterocycles. The Morgan fingerprint density at radius 3 is 3.12 bits per heavy atom. The minimum atomic E-state index is 0.348. The van der Waals surface area contributed by atoms with Crippen molar-refractivity contribution < 1.29 is 4.52 Å². The molecular weight excluding hydrogens is 258 g/mol. The zero-order valence-electron chi connectivity index (χ0n) is 9.15. The molecule has 0 spiro atoms. The molecule has 0 aliphatic carbocycles. The van der Waals surface area contributed by atoms with Crippen molar-refractivity contribution in [2.75, 3.05) is 13.1 Å². The van der Waals surface area contributed by atoms with Gasteiger partial charge in [0.05, 0.1) is 15.1 Å². The summed E-state index contributed by atoms with van der Waals surface area (Å²) in [4.78, 5) is 5.40. The average Bonchev–Trinajstić information content (AvgIpc) is 2.98. The third kappa shape index (κ3) is 2.36. The zero-order chi connectivity index (χ0) is 11.7. The normalized spacial score (nSPS) is 20.6.